The molecule has 5 nitrogen and oxygen atoms in total. The summed E-state index contributed by atoms with van der Waals surface area (Å²) in [6.45, 7) is 3.54. The summed E-state index contributed by atoms with van der Waals surface area (Å²) in [5, 5.41) is 0. The van der Waals surface area contributed by atoms with E-state index in [0.29, 0.717) is 26.2 Å². The second-order valence-corrected chi connectivity index (χ2v) is 9.00. The molecule has 0 spiro atoms. The number of hydrogen-bond donors (Lipinski definition) is 0. The van der Waals surface area contributed by atoms with E-state index in [0.717, 1.165) is 57.5 Å². The molecule has 0 saturated heterocycles. The molecule has 0 atom stereocenters. The van der Waals surface area contributed by atoms with Gasteiger partial charge < -0.3 is 14.0 Å². The molecule has 1 heterocycles. The molecule has 0 fully saturated rings. The Kier molecular flexibility index (Phi) is 8.36. The van der Waals surface area contributed by atoms with Crippen LogP contribution in [0.1, 0.15) is 38.2 Å². The molecule has 34 heavy (non-hydrogen) atoms. The van der Waals surface area contributed by atoms with Crippen molar-refractivity contribution in [3.8, 4) is 17.1 Å². The predicted octanol–water partition coefficient (Wildman–Crippen LogP) is 7.02. The summed E-state index contributed by atoms with van der Waals surface area (Å²) in [6, 6.07) is 24.6. The van der Waals surface area contributed by atoms with E-state index in [9.17, 15) is 4.79 Å². The van der Waals surface area contributed by atoms with Crippen LogP contribution >= 0.6 is 15.9 Å². The summed E-state index contributed by atoms with van der Waals surface area (Å²) in [5.74, 6) is 1.69. The van der Waals surface area contributed by atoms with Crippen LogP contribution in [0.2, 0.25) is 0 Å². The van der Waals surface area contributed by atoms with Crippen LogP contribution < -0.4 is 4.74 Å². The average Bonchev–Trinajstić information content (AvgIpc) is 3.21. The molecule has 6 heteroatoms. The van der Waals surface area contributed by atoms with E-state index in [1.54, 1.807) is 0 Å². The molecular weight excluding hydrogens is 492 g/mol. The van der Waals surface area contributed by atoms with Crippen molar-refractivity contribution in [2.24, 2.45) is 0 Å². The highest BCUT2D eigenvalue weighted by atomic mass is 79.9. The fourth-order valence-corrected chi connectivity index (χ4v) is 4.23. The van der Waals surface area contributed by atoms with Crippen LogP contribution in [0.25, 0.3) is 22.4 Å². The number of rotatable bonds is 11. The van der Waals surface area contributed by atoms with Crippen molar-refractivity contribution in [2.45, 2.75) is 39.2 Å². The normalized spacial score (nSPS) is 11.0. The number of benzene rings is 3. The van der Waals surface area contributed by atoms with Crippen LogP contribution in [-0.4, -0.2) is 28.7 Å². The van der Waals surface area contributed by atoms with Crippen LogP contribution in [0.5, 0.6) is 5.75 Å². The number of esters is 1. The van der Waals surface area contributed by atoms with Gasteiger partial charge in [0.25, 0.3) is 0 Å². The van der Waals surface area contributed by atoms with Gasteiger partial charge in [-0.1, -0.05) is 58.4 Å². The highest BCUT2D eigenvalue weighted by molar-refractivity contribution is 9.10. The first-order chi connectivity index (χ1) is 16.7. The number of para-hydroxylation sites is 3. The van der Waals surface area contributed by atoms with Gasteiger partial charge in [0.15, 0.2) is 0 Å². The number of ether oxygens (including phenoxy) is 2. The number of carbonyl (C=O) groups is 1. The molecule has 4 aromatic rings. The van der Waals surface area contributed by atoms with Crippen molar-refractivity contribution in [2.75, 3.05) is 13.2 Å². The smallest absolute Gasteiger partial charge is 0.305 e. The Morgan fingerprint density at radius 3 is 2.53 bits per heavy atom. The number of fused-ring (bicyclic) bond motifs is 1. The molecule has 3 aromatic carbocycles. The minimum Gasteiger partial charge on any atom is -0.493 e. The Balaban J connectivity index is 1.48. The van der Waals surface area contributed by atoms with Crippen molar-refractivity contribution in [1.29, 1.82) is 0 Å². The van der Waals surface area contributed by atoms with Gasteiger partial charge >= 0.3 is 5.97 Å². The van der Waals surface area contributed by atoms with Crippen LogP contribution in [-0.2, 0) is 16.1 Å². The fraction of sp³-hybridized carbons (Fsp3) is 0.286. The number of imidazole rings is 1. The Hall–Kier alpha value is -3.12. The largest absolute Gasteiger partial charge is 0.493 e. The molecule has 0 aliphatic rings. The van der Waals surface area contributed by atoms with Crippen molar-refractivity contribution in [3.05, 3.63) is 82.8 Å². The van der Waals surface area contributed by atoms with Crippen LogP contribution in [0.15, 0.2) is 77.3 Å². The van der Waals surface area contributed by atoms with Gasteiger partial charge in [-0.15, -0.1) is 0 Å². The number of carbonyl (C=O) groups excluding carboxylic acids is 1. The van der Waals surface area contributed by atoms with Gasteiger partial charge in [0, 0.05) is 22.0 Å². The standard InChI is InChI=1S/C28H29BrN2O3/c1-2-33-27(32)14-4-3-9-19-34-26-13-8-5-10-22(26)20-31-25-12-7-6-11-24(25)30-28(31)21-15-17-23(29)18-16-21/h5-8,10-13,15-18H,2-4,9,14,19-20H2,1H3. The maximum Gasteiger partial charge on any atom is 0.305 e. The molecule has 0 amide bonds. The first kappa shape index (κ1) is 24.0. The predicted molar refractivity (Wildman–Crippen MR) is 139 cm³/mol. The van der Waals surface area contributed by atoms with Gasteiger partial charge in [0.1, 0.15) is 11.6 Å². The van der Waals surface area contributed by atoms with Gasteiger partial charge in [-0.25, -0.2) is 4.98 Å². The van der Waals surface area contributed by atoms with Gasteiger partial charge in [-0.05, 0) is 56.5 Å². The molecule has 4 rings (SSSR count). The molecule has 1 aromatic heterocycles. The minimum absolute atomic E-state index is 0.122. The lowest BCUT2D eigenvalue weighted by atomic mass is 10.1. The highest BCUT2D eigenvalue weighted by Gasteiger charge is 2.14. The van der Waals surface area contributed by atoms with Gasteiger partial charge in [-0.2, -0.15) is 0 Å². The number of aromatic nitrogens is 2. The van der Waals surface area contributed by atoms with E-state index in [-0.39, 0.29) is 5.97 Å². The molecule has 0 unspecified atom stereocenters. The minimum atomic E-state index is -0.122. The van der Waals surface area contributed by atoms with Gasteiger partial charge in [-0.3, -0.25) is 4.79 Å². The maximum absolute atomic E-state index is 11.5. The van der Waals surface area contributed by atoms with Gasteiger partial charge in [0.2, 0.25) is 0 Å². The Morgan fingerprint density at radius 1 is 0.941 bits per heavy atom. The van der Waals surface area contributed by atoms with Crippen LogP contribution in [0, 0.1) is 0 Å². The van der Waals surface area contributed by atoms with E-state index in [2.05, 4.69) is 44.8 Å². The number of unbranched alkanes of at least 4 members (excludes halogenated alkanes) is 2. The lowest BCUT2D eigenvalue weighted by Gasteiger charge is -2.14. The zero-order valence-electron chi connectivity index (χ0n) is 19.4. The van der Waals surface area contributed by atoms with Crippen molar-refractivity contribution < 1.29 is 14.3 Å². The lowest BCUT2D eigenvalue weighted by Crippen LogP contribution is -2.06. The average molecular weight is 521 g/mol. The molecule has 0 bridgehead atoms. The topological polar surface area (TPSA) is 53.4 Å². The zero-order chi connectivity index (χ0) is 23.8. The molecule has 0 aliphatic carbocycles. The van der Waals surface area contributed by atoms with E-state index in [1.807, 2.05) is 55.5 Å². The van der Waals surface area contributed by atoms with Gasteiger partial charge in [0.05, 0.1) is 30.8 Å². The molecule has 0 saturated carbocycles. The second-order valence-electron chi connectivity index (χ2n) is 8.09. The fourth-order valence-electron chi connectivity index (χ4n) is 3.96. The van der Waals surface area contributed by atoms with E-state index >= 15 is 0 Å². The SMILES string of the molecule is CCOC(=O)CCCCCOc1ccccc1Cn1c(-c2ccc(Br)cc2)nc2ccccc21. The highest BCUT2D eigenvalue weighted by Crippen LogP contribution is 2.29. The summed E-state index contributed by atoms with van der Waals surface area (Å²) in [5.41, 5.74) is 4.24. The van der Waals surface area contributed by atoms with Crippen molar-refractivity contribution >= 4 is 32.9 Å². The molecule has 176 valence electrons. The lowest BCUT2D eigenvalue weighted by molar-refractivity contribution is -0.143. The Labute approximate surface area is 208 Å². The summed E-state index contributed by atoms with van der Waals surface area (Å²) >= 11 is 3.52. The van der Waals surface area contributed by atoms with Crippen LogP contribution in [0.4, 0.5) is 0 Å². The molecule has 0 aliphatic heterocycles. The molecule has 0 N–H and O–H groups in total. The number of nitrogens with zero attached hydrogens (tertiary/aromatic N) is 2. The van der Waals surface area contributed by atoms with E-state index in [1.165, 1.54) is 0 Å². The molecule has 0 radical (unpaired) electrons. The summed E-state index contributed by atoms with van der Waals surface area (Å²) < 4.78 is 14.4. The van der Waals surface area contributed by atoms with Crippen molar-refractivity contribution in [1.82, 2.24) is 9.55 Å². The summed E-state index contributed by atoms with van der Waals surface area (Å²) in [4.78, 5) is 16.4. The Morgan fingerprint density at radius 2 is 1.71 bits per heavy atom. The third kappa shape index (κ3) is 6.06. The monoisotopic (exact) mass is 520 g/mol. The molecular formula is C28H29BrN2O3. The Bertz CT molecular complexity index is 1230. The first-order valence-electron chi connectivity index (χ1n) is 11.7. The second kappa shape index (κ2) is 11.8. The van der Waals surface area contributed by atoms with Crippen molar-refractivity contribution in [3.63, 3.8) is 0 Å². The van der Waals surface area contributed by atoms with Crippen LogP contribution in [0.3, 0.4) is 0 Å². The third-order valence-corrected chi connectivity index (χ3v) is 6.17. The quantitative estimate of drug-likeness (QED) is 0.157. The summed E-state index contributed by atoms with van der Waals surface area (Å²) in [7, 11) is 0. The maximum atomic E-state index is 11.5. The number of halogens is 1. The number of hydrogen-bond acceptors (Lipinski definition) is 4. The van der Waals surface area contributed by atoms with E-state index < -0.39 is 0 Å². The third-order valence-electron chi connectivity index (χ3n) is 5.65. The summed E-state index contributed by atoms with van der Waals surface area (Å²) in [6.07, 6.45) is 3.12. The first-order valence-corrected chi connectivity index (χ1v) is 12.5. The van der Waals surface area contributed by atoms with E-state index in [4.69, 9.17) is 14.5 Å². The zero-order valence-corrected chi connectivity index (χ0v) is 21.0.